The first kappa shape index (κ1) is 22.9. The Morgan fingerprint density at radius 2 is 1.59 bits per heavy atom. The second kappa shape index (κ2) is 9.31. The molecule has 1 atom stereocenters. The number of aliphatic hydroxyl groups excluding tert-OH is 1. The third-order valence-electron chi connectivity index (χ3n) is 5.48. The molecule has 7 nitrogen and oxygen atoms in total. The average molecular weight is 459 g/mol. The number of hydrogen-bond acceptors (Lipinski definition) is 6. The van der Waals surface area contributed by atoms with Gasteiger partial charge < -0.3 is 19.7 Å². The van der Waals surface area contributed by atoms with Crippen molar-refractivity contribution in [1.29, 1.82) is 0 Å². The van der Waals surface area contributed by atoms with Crippen LogP contribution in [0.4, 0.5) is 5.69 Å². The maximum atomic E-state index is 13.2. The molecule has 1 unspecified atom stereocenters. The van der Waals surface area contributed by atoms with Gasteiger partial charge in [-0.25, -0.2) is 0 Å². The van der Waals surface area contributed by atoms with Gasteiger partial charge in [-0.15, -0.1) is 0 Å². The number of carbonyl (C=O) groups is 2. The third-order valence-corrected chi connectivity index (χ3v) is 5.48. The van der Waals surface area contributed by atoms with Gasteiger partial charge in [0.2, 0.25) is 0 Å². The van der Waals surface area contributed by atoms with Gasteiger partial charge in [0.1, 0.15) is 23.0 Å². The van der Waals surface area contributed by atoms with Crippen molar-refractivity contribution in [3.63, 3.8) is 0 Å². The van der Waals surface area contributed by atoms with E-state index in [4.69, 9.17) is 9.47 Å². The smallest absolute Gasteiger partial charge is 0.300 e. The van der Waals surface area contributed by atoms with E-state index in [2.05, 4.69) is 0 Å². The van der Waals surface area contributed by atoms with Gasteiger partial charge in [-0.1, -0.05) is 12.1 Å². The summed E-state index contributed by atoms with van der Waals surface area (Å²) in [6.45, 7) is 3.81. The number of methoxy groups -OCH3 is 1. The van der Waals surface area contributed by atoms with Gasteiger partial charge in [-0.05, 0) is 80.1 Å². The second-order valence-corrected chi connectivity index (χ2v) is 8.15. The molecule has 1 aliphatic heterocycles. The van der Waals surface area contributed by atoms with Crippen LogP contribution in [-0.4, -0.2) is 35.1 Å². The van der Waals surface area contributed by atoms with E-state index in [1.807, 2.05) is 13.8 Å². The lowest BCUT2D eigenvalue weighted by molar-refractivity contribution is -0.132. The molecule has 4 rings (SSSR count). The quantitative estimate of drug-likeness (QED) is 0.312. The van der Waals surface area contributed by atoms with Crippen molar-refractivity contribution < 1.29 is 29.3 Å². The fourth-order valence-electron chi connectivity index (χ4n) is 3.97. The monoisotopic (exact) mass is 459 g/mol. The van der Waals surface area contributed by atoms with Crippen LogP contribution in [0.5, 0.6) is 17.2 Å². The number of Topliss-reactive ketones (excluding diaryl/α,β-unsaturated/α-hetero) is 1. The van der Waals surface area contributed by atoms with Gasteiger partial charge >= 0.3 is 0 Å². The largest absolute Gasteiger partial charge is 0.508 e. The molecule has 1 amide bonds. The molecule has 2 N–H and O–H groups in total. The highest BCUT2D eigenvalue weighted by Crippen LogP contribution is 2.43. The first-order valence-corrected chi connectivity index (χ1v) is 10.8. The predicted octanol–water partition coefficient (Wildman–Crippen LogP) is 4.81. The number of amides is 1. The summed E-state index contributed by atoms with van der Waals surface area (Å²) in [5.74, 6) is -0.705. The number of aromatic hydroxyl groups is 1. The summed E-state index contributed by atoms with van der Waals surface area (Å²) in [6.07, 6.45) is -0.0139. The van der Waals surface area contributed by atoms with Gasteiger partial charge in [0.15, 0.2) is 0 Å². The summed E-state index contributed by atoms with van der Waals surface area (Å²) in [5, 5.41) is 21.3. The molecule has 0 radical (unpaired) electrons. The average Bonchev–Trinajstić information content (AvgIpc) is 3.09. The highest BCUT2D eigenvalue weighted by atomic mass is 16.5. The number of hydrogen-bond donors (Lipinski definition) is 2. The highest BCUT2D eigenvalue weighted by Gasteiger charge is 2.47. The van der Waals surface area contributed by atoms with Gasteiger partial charge in [0, 0.05) is 11.3 Å². The van der Waals surface area contributed by atoms with Crippen molar-refractivity contribution in [3.8, 4) is 17.2 Å². The van der Waals surface area contributed by atoms with Crippen LogP contribution in [-0.2, 0) is 9.59 Å². The first-order valence-electron chi connectivity index (χ1n) is 10.8. The van der Waals surface area contributed by atoms with Crippen molar-refractivity contribution >= 4 is 23.1 Å². The summed E-state index contributed by atoms with van der Waals surface area (Å²) < 4.78 is 10.8. The summed E-state index contributed by atoms with van der Waals surface area (Å²) >= 11 is 0. The Hall–Kier alpha value is -4.26. The van der Waals surface area contributed by atoms with Crippen molar-refractivity contribution in [2.24, 2.45) is 0 Å². The summed E-state index contributed by atoms with van der Waals surface area (Å²) in [7, 11) is 1.53. The number of phenols is 1. The minimum Gasteiger partial charge on any atom is -0.508 e. The molecule has 3 aromatic rings. The predicted molar refractivity (Wildman–Crippen MR) is 128 cm³/mol. The van der Waals surface area contributed by atoms with Gasteiger partial charge in [0.25, 0.3) is 11.7 Å². The minimum atomic E-state index is -0.938. The fourth-order valence-corrected chi connectivity index (χ4v) is 3.97. The Balaban J connectivity index is 1.85. The molecule has 7 heteroatoms. The van der Waals surface area contributed by atoms with Crippen LogP contribution >= 0.6 is 0 Å². The molecule has 0 aromatic heterocycles. The van der Waals surface area contributed by atoms with E-state index < -0.39 is 17.7 Å². The van der Waals surface area contributed by atoms with Gasteiger partial charge in [-0.3, -0.25) is 14.5 Å². The second-order valence-electron chi connectivity index (χ2n) is 8.15. The zero-order valence-corrected chi connectivity index (χ0v) is 19.1. The molecule has 0 aliphatic carbocycles. The Kier molecular flexibility index (Phi) is 6.27. The van der Waals surface area contributed by atoms with Crippen LogP contribution in [0.15, 0.2) is 78.4 Å². The summed E-state index contributed by atoms with van der Waals surface area (Å²) in [6, 6.07) is 18.7. The lowest BCUT2D eigenvalue weighted by Crippen LogP contribution is -2.29. The Labute approximate surface area is 197 Å². The summed E-state index contributed by atoms with van der Waals surface area (Å²) in [4.78, 5) is 27.7. The maximum absolute atomic E-state index is 13.2. The van der Waals surface area contributed by atoms with E-state index in [0.717, 1.165) is 0 Å². The lowest BCUT2D eigenvalue weighted by atomic mass is 9.95. The zero-order valence-electron chi connectivity index (χ0n) is 19.1. The fraction of sp³-hybridized carbons (Fsp3) is 0.185. The van der Waals surface area contributed by atoms with Crippen molar-refractivity contribution in [1.82, 2.24) is 0 Å². The van der Waals surface area contributed by atoms with Gasteiger partial charge in [0.05, 0.1) is 24.8 Å². The lowest BCUT2D eigenvalue weighted by Gasteiger charge is -2.25. The molecule has 0 saturated carbocycles. The Morgan fingerprint density at radius 1 is 0.941 bits per heavy atom. The normalized spacial score (nSPS) is 17.3. The maximum Gasteiger partial charge on any atom is 0.300 e. The van der Waals surface area contributed by atoms with Crippen LogP contribution in [0.2, 0.25) is 0 Å². The number of rotatable bonds is 6. The number of ketones is 1. The Bertz CT molecular complexity index is 1240. The van der Waals surface area contributed by atoms with Crippen molar-refractivity contribution in [2.45, 2.75) is 26.0 Å². The SMILES string of the molecule is COc1ccc(N2C(=O)C(=O)/C(=C(\O)c3ccc(OC(C)C)cc3)C2c2cccc(O)c2)cc1. The number of ether oxygens (including phenoxy) is 2. The number of benzene rings is 3. The number of phenolic OH excluding ortho intramolecular Hbond substituents is 1. The van der Waals surface area contributed by atoms with Crippen LogP contribution in [0.3, 0.4) is 0 Å². The van der Waals surface area contributed by atoms with Crippen LogP contribution in [0, 0.1) is 0 Å². The molecule has 34 heavy (non-hydrogen) atoms. The van der Waals surface area contributed by atoms with E-state index in [9.17, 15) is 19.8 Å². The van der Waals surface area contributed by atoms with Crippen molar-refractivity contribution in [3.05, 3.63) is 89.5 Å². The topological polar surface area (TPSA) is 96.3 Å². The number of nitrogens with zero attached hydrogens (tertiary/aromatic N) is 1. The van der Waals surface area contributed by atoms with Crippen LogP contribution in [0.1, 0.15) is 31.0 Å². The molecular formula is C27H25NO6. The molecule has 174 valence electrons. The molecule has 1 saturated heterocycles. The highest BCUT2D eigenvalue weighted by molar-refractivity contribution is 6.51. The molecule has 1 aliphatic rings. The molecular weight excluding hydrogens is 434 g/mol. The molecule has 0 spiro atoms. The first-order chi connectivity index (χ1) is 16.3. The molecule has 1 heterocycles. The van der Waals surface area contributed by atoms with Crippen LogP contribution in [0.25, 0.3) is 5.76 Å². The number of anilines is 1. The van der Waals surface area contributed by atoms with E-state index in [1.54, 1.807) is 60.7 Å². The standard InChI is InChI=1S/C27H25NO6/c1-16(2)34-22-11-7-17(8-12-22)25(30)23-24(18-5-4-6-20(29)15-18)28(27(32)26(23)31)19-9-13-21(33-3)14-10-19/h4-16,24,29-30H,1-3H3/b25-23-. The molecule has 0 bridgehead atoms. The minimum absolute atomic E-state index is 0.0139. The summed E-state index contributed by atoms with van der Waals surface area (Å²) in [5.41, 5.74) is 1.24. The molecule has 3 aromatic carbocycles. The van der Waals surface area contributed by atoms with E-state index in [1.165, 1.54) is 24.1 Å². The molecule has 1 fully saturated rings. The van der Waals surface area contributed by atoms with E-state index >= 15 is 0 Å². The third kappa shape index (κ3) is 4.32. The number of aliphatic hydroxyl groups is 1. The van der Waals surface area contributed by atoms with Crippen molar-refractivity contribution in [2.75, 3.05) is 12.0 Å². The van der Waals surface area contributed by atoms with E-state index in [-0.39, 0.29) is 23.2 Å². The number of carbonyl (C=O) groups excluding carboxylic acids is 2. The Morgan fingerprint density at radius 3 is 2.18 bits per heavy atom. The zero-order chi connectivity index (χ0) is 24.4. The van der Waals surface area contributed by atoms with Gasteiger partial charge in [-0.2, -0.15) is 0 Å². The van der Waals surface area contributed by atoms with Crippen LogP contribution < -0.4 is 14.4 Å². The van der Waals surface area contributed by atoms with E-state index in [0.29, 0.717) is 28.3 Å².